The first-order valence-corrected chi connectivity index (χ1v) is 9.28. The normalized spacial score (nSPS) is 21.2. The van der Waals surface area contributed by atoms with Crippen LogP contribution in [0.5, 0.6) is 0 Å². The minimum atomic E-state index is -0.473. The molecule has 0 saturated carbocycles. The lowest BCUT2D eigenvalue weighted by molar-refractivity contribution is -0.123. The topological polar surface area (TPSA) is 43.9 Å². The van der Waals surface area contributed by atoms with Gasteiger partial charge in [-0.25, -0.2) is 9.29 Å². The van der Waals surface area contributed by atoms with Crippen LogP contribution < -0.4 is 9.80 Å². The molecule has 7 heteroatoms. The third-order valence-electron chi connectivity index (χ3n) is 5.14. The second-order valence-electron chi connectivity index (χ2n) is 6.74. The summed E-state index contributed by atoms with van der Waals surface area (Å²) in [5.41, 5.74) is 1.08. The average Bonchev–Trinajstić information content (AvgIpc) is 2.96. The van der Waals surface area contributed by atoms with Gasteiger partial charge in [0.2, 0.25) is 5.91 Å². The van der Waals surface area contributed by atoms with E-state index in [0.717, 1.165) is 0 Å². The van der Waals surface area contributed by atoms with Crippen LogP contribution in [-0.4, -0.2) is 48.9 Å². The number of imide groups is 1. The molecule has 2 aromatic carbocycles. The van der Waals surface area contributed by atoms with Crippen LogP contribution in [0.1, 0.15) is 6.42 Å². The lowest BCUT2D eigenvalue weighted by Crippen LogP contribution is -2.52. The SMILES string of the molecule is O=C1C[C@H](N2CCN(c3ccccc3F)CC2)C(=O)N1c1cccc(Cl)c1. The molecular weight excluding hydrogens is 369 g/mol. The van der Waals surface area contributed by atoms with Crippen molar-refractivity contribution in [3.8, 4) is 0 Å². The molecule has 0 N–H and O–H groups in total. The average molecular weight is 388 g/mol. The van der Waals surface area contributed by atoms with Gasteiger partial charge in [0.15, 0.2) is 0 Å². The van der Waals surface area contributed by atoms with Crippen LogP contribution in [0.3, 0.4) is 0 Å². The number of para-hydroxylation sites is 1. The van der Waals surface area contributed by atoms with Crippen molar-refractivity contribution in [2.75, 3.05) is 36.0 Å². The van der Waals surface area contributed by atoms with Crippen LogP contribution in [-0.2, 0) is 9.59 Å². The highest BCUT2D eigenvalue weighted by molar-refractivity contribution is 6.31. The summed E-state index contributed by atoms with van der Waals surface area (Å²) in [6, 6.07) is 13.0. The second kappa shape index (κ2) is 7.29. The van der Waals surface area contributed by atoms with E-state index < -0.39 is 6.04 Å². The monoisotopic (exact) mass is 387 g/mol. The van der Waals surface area contributed by atoms with Gasteiger partial charge >= 0.3 is 0 Å². The van der Waals surface area contributed by atoms with E-state index in [9.17, 15) is 14.0 Å². The number of benzene rings is 2. The van der Waals surface area contributed by atoms with Crippen molar-refractivity contribution < 1.29 is 14.0 Å². The Balaban J connectivity index is 1.45. The Labute approximate surface area is 161 Å². The van der Waals surface area contributed by atoms with E-state index in [4.69, 9.17) is 11.6 Å². The van der Waals surface area contributed by atoms with Gasteiger partial charge in [-0.05, 0) is 30.3 Å². The molecule has 0 unspecified atom stereocenters. The summed E-state index contributed by atoms with van der Waals surface area (Å²) in [5.74, 6) is -0.685. The van der Waals surface area contributed by atoms with Gasteiger partial charge in [-0.2, -0.15) is 0 Å². The van der Waals surface area contributed by atoms with Gasteiger partial charge in [-0.15, -0.1) is 0 Å². The number of hydrogen-bond acceptors (Lipinski definition) is 4. The molecular formula is C20H19ClFN3O2. The minimum absolute atomic E-state index is 0.158. The smallest absolute Gasteiger partial charge is 0.251 e. The van der Waals surface area contributed by atoms with Gasteiger partial charge in [0.25, 0.3) is 5.91 Å². The molecule has 2 amide bonds. The minimum Gasteiger partial charge on any atom is -0.367 e. The highest BCUT2D eigenvalue weighted by atomic mass is 35.5. The Kier molecular flexibility index (Phi) is 4.85. The third-order valence-corrected chi connectivity index (χ3v) is 5.37. The molecule has 0 bridgehead atoms. The molecule has 2 saturated heterocycles. The van der Waals surface area contributed by atoms with Gasteiger partial charge < -0.3 is 4.90 Å². The molecule has 2 heterocycles. The Morgan fingerprint density at radius 3 is 2.41 bits per heavy atom. The van der Waals surface area contributed by atoms with Crippen molar-refractivity contribution in [3.63, 3.8) is 0 Å². The van der Waals surface area contributed by atoms with E-state index >= 15 is 0 Å². The summed E-state index contributed by atoms with van der Waals surface area (Å²) >= 11 is 5.99. The van der Waals surface area contributed by atoms with Crippen LogP contribution in [0.2, 0.25) is 5.02 Å². The maximum absolute atomic E-state index is 14.0. The number of nitrogens with zero attached hydrogens (tertiary/aromatic N) is 3. The first-order chi connectivity index (χ1) is 13.0. The number of rotatable bonds is 3. The predicted octanol–water partition coefficient (Wildman–Crippen LogP) is 2.93. The van der Waals surface area contributed by atoms with E-state index in [0.29, 0.717) is 42.6 Å². The maximum atomic E-state index is 14.0. The van der Waals surface area contributed by atoms with E-state index in [1.165, 1.54) is 11.0 Å². The van der Waals surface area contributed by atoms with Crippen molar-refractivity contribution in [2.24, 2.45) is 0 Å². The van der Waals surface area contributed by atoms with E-state index in [2.05, 4.69) is 0 Å². The lowest BCUT2D eigenvalue weighted by atomic mass is 10.1. The summed E-state index contributed by atoms with van der Waals surface area (Å²) in [6.07, 6.45) is 0.158. The zero-order valence-electron chi connectivity index (χ0n) is 14.6. The Morgan fingerprint density at radius 1 is 0.963 bits per heavy atom. The number of hydrogen-bond donors (Lipinski definition) is 0. The summed E-state index contributed by atoms with van der Waals surface area (Å²) in [5, 5.41) is 0.482. The fourth-order valence-electron chi connectivity index (χ4n) is 3.77. The first kappa shape index (κ1) is 17.9. The summed E-state index contributed by atoms with van der Waals surface area (Å²) < 4.78 is 14.0. The van der Waals surface area contributed by atoms with E-state index in [1.54, 1.807) is 36.4 Å². The van der Waals surface area contributed by atoms with Crippen LogP contribution in [0.25, 0.3) is 0 Å². The molecule has 140 valence electrons. The van der Waals surface area contributed by atoms with Crippen LogP contribution in [0.4, 0.5) is 15.8 Å². The van der Waals surface area contributed by atoms with Crippen LogP contribution in [0.15, 0.2) is 48.5 Å². The number of carbonyl (C=O) groups excluding carboxylic acids is 2. The molecule has 5 nitrogen and oxygen atoms in total. The molecule has 2 fully saturated rings. The van der Waals surface area contributed by atoms with Crippen molar-refractivity contribution in [1.82, 2.24) is 4.90 Å². The molecule has 0 aromatic heterocycles. The molecule has 2 aromatic rings. The van der Waals surface area contributed by atoms with Crippen LogP contribution >= 0.6 is 11.6 Å². The predicted molar refractivity (Wildman–Crippen MR) is 103 cm³/mol. The largest absolute Gasteiger partial charge is 0.367 e. The fourth-order valence-corrected chi connectivity index (χ4v) is 3.95. The summed E-state index contributed by atoms with van der Waals surface area (Å²) in [7, 11) is 0. The van der Waals surface area contributed by atoms with E-state index in [1.807, 2.05) is 15.9 Å². The lowest BCUT2D eigenvalue weighted by Gasteiger charge is -2.38. The first-order valence-electron chi connectivity index (χ1n) is 8.90. The van der Waals surface area contributed by atoms with Crippen molar-refractivity contribution in [1.29, 1.82) is 0 Å². The Bertz CT molecular complexity index is 883. The zero-order chi connectivity index (χ0) is 19.0. The molecule has 2 aliphatic rings. The number of amides is 2. The molecule has 0 spiro atoms. The second-order valence-corrected chi connectivity index (χ2v) is 7.18. The molecule has 4 rings (SSSR count). The third kappa shape index (κ3) is 3.42. The Morgan fingerprint density at radius 2 is 1.70 bits per heavy atom. The highest BCUT2D eigenvalue weighted by Crippen LogP contribution is 2.29. The molecule has 0 radical (unpaired) electrons. The van der Waals surface area contributed by atoms with E-state index in [-0.39, 0.29) is 24.1 Å². The Hall–Kier alpha value is -2.44. The van der Waals surface area contributed by atoms with Gasteiger partial charge in [-0.1, -0.05) is 29.8 Å². The van der Waals surface area contributed by atoms with Gasteiger partial charge in [0, 0.05) is 31.2 Å². The van der Waals surface area contributed by atoms with Gasteiger partial charge in [-0.3, -0.25) is 14.5 Å². The molecule has 1 atom stereocenters. The standard InChI is InChI=1S/C20H19ClFN3O2/c21-14-4-3-5-15(12-14)25-19(26)13-18(20(25)27)24-10-8-23(9-11-24)17-7-2-1-6-16(17)22/h1-7,12,18H,8-11,13H2/t18-/m0/s1. The number of carbonyl (C=O) groups is 2. The van der Waals surface area contributed by atoms with Crippen molar-refractivity contribution >= 4 is 34.8 Å². The fraction of sp³-hybridized carbons (Fsp3) is 0.300. The quantitative estimate of drug-likeness (QED) is 0.759. The number of anilines is 2. The highest BCUT2D eigenvalue weighted by Gasteiger charge is 2.43. The zero-order valence-corrected chi connectivity index (χ0v) is 15.4. The van der Waals surface area contributed by atoms with Crippen molar-refractivity contribution in [2.45, 2.75) is 12.5 Å². The molecule has 0 aliphatic carbocycles. The maximum Gasteiger partial charge on any atom is 0.251 e. The molecule has 2 aliphatic heterocycles. The van der Waals surface area contributed by atoms with Crippen molar-refractivity contribution in [3.05, 3.63) is 59.4 Å². The summed E-state index contributed by atoms with van der Waals surface area (Å²) in [4.78, 5) is 30.5. The number of halogens is 2. The number of piperazine rings is 1. The van der Waals surface area contributed by atoms with Crippen LogP contribution in [0, 0.1) is 5.82 Å². The van der Waals surface area contributed by atoms with Gasteiger partial charge in [0.05, 0.1) is 23.8 Å². The molecule has 27 heavy (non-hydrogen) atoms. The van der Waals surface area contributed by atoms with Gasteiger partial charge in [0.1, 0.15) is 5.82 Å². The summed E-state index contributed by atoms with van der Waals surface area (Å²) in [6.45, 7) is 2.41.